The highest BCUT2D eigenvalue weighted by Crippen LogP contribution is 2.20. The third kappa shape index (κ3) is 5.68. The van der Waals surface area contributed by atoms with Crippen molar-refractivity contribution < 1.29 is 18.7 Å². The Morgan fingerprint density at radius 2 is 1.79 bits per heavy atom. The van der Waals surface area contributed by atoms with Gasteiger partial charge in [-0.05, 0) is 49.0 Å². The number of piperazine rings is 1. The molecule has 1 heterocycles. The van der Waals surface area contributed by atoms with Crippen LogP contribution in [-0.2, 0) is 9.53 Å². The van der Waals surface area contributed by atoms with Crippen molar-refractivity contribution in [3.63, 3.8) is 0 Å². The number of carbonyl (C=O) groups is 2. The van der Waals surface area contributed by atoms with Crippen molar-refractivity contribution in [2.24, 2.45) is 0 Å². The molecule has 1 saturated heterocycles. The largest absolute Gasteiger partial charge is 0.452 e. The van der Waals surface area contributed by atoms with Gasteiger partial charge in [-0.2, -0.15) is 0 Å². The first-order valence-corrected chi connectivity index (χ1v) is 9.83. The van der Waals surface area contributed by atoms with Crippen molar-refractivity contribution in [2.75, 3.05) is 49.5 Å². The second-order valence-corrected chi connectivity index (χ2v) is 7.15. The second-order valence-electron chi connectivity index (χ2n) is 6.72. The predicted molar refractivity (Wildman–Crippen MR) is 111 cm³/mol. The van der Waals surface area contributed by atoms with E-state index in [0.29, 0.717) is 5.69 Å². The Balaban J connectivity index is 1.49. The van der Waals surface area contributed by atoms with Gasteiger partial charge >= 0.3 is 5.97 Å². The van der Waals surface area contributed by atoms with Gasteiger partial charge in [0.1, 0.15) is 5.82 Å². The number of halogens is 2. The lowest BCUT2D eigenvalue weighted by molar-refractivity contribution is -0.119. The summed E-state index contributed by atoms with van der Waals surface area (Å²) in [5, 5.41) is 2.87. The molecule has 6 nitrogen and oxygen atoms in total. The van der Waals surface area contributed by atoms with Crippen LogP contribution in [0.2, 0.25) is 5.02 Å². The molecule has 2 aromatic carbocycles. The molecule has 0 unspecified atom stereocenters. The predicted octanol–water partition coefficient (Wildman–Crippen LogP) is 3.42. The summed E-state index contributed by atoms with van der Waals surface area (Å²) in [6, 6.07) is 11.1. The zero-order valence-electron chi connectivity index (χ0n) is 16.2. The fourth-order valence-corrected chi connectivity index (χ4v) is 3.31. The van der Waals surface area contributed by atoms with Crippen LogP contribution in [0.15, 0.2) is 42.5 Å². The van der Waals surface area contributed by atoms with E-state index in [9.17, 15) is 14.0 Å². The number of benzene rings is 2. The molecule has 8 heteroatoms. The summed E-state index contributed by atoms with van der Waals surface area (Å²) in [4.78, 5) is 28.7. The van der Waals surface area contributed by atoms with E-state index in [4.69, 9.17) is 16.3 Å². The Morgan fingerprint density at radius 1 is 1.10 bits per heavy atom. The van der Waals surface area contributed by atoms with Gasteiger partial charge in [0.2, 0.25) is 0 Å². The molecule has 1 amide bonds. The van der Waals surface area contributed by atoms with Crippen molar-refractivity contribution in [3.8, 4) is 0 Å². The van der Waals surface area contributed by atoms with Gasteiger partial charge in [0, 0.05) is 42.6 Å². The van der Waals surface area contributed by atoms with E-state index < -0.39 is 24.3 Å². The Morgan fingerprint density at radius 3 is 2.45 bits per heavy atom. The number of carbonyl (C=O) groups excluding carboxylic acids is 2. The number of ether oxygens (including phenoxy) is 1. The van der Waals surface area contributed by atoms with E-state index in [1.165, 1.54) is 6.07 Å². The average molecular weight is 420 g/mol. The maximum absolute atomic E-state index is 13.7. The minimum absolute atomic E-state index is 0.207. The topological polar surface area (TPSA) is 61.9 Å². The molecule has 0 atom stereocenters. The monoisotopic (exact) mass is 419 g/mol. The van der Waals surface area contributed by atoms with Crippen LogP contribution < -0.4 is 10.2 Å². The van der Waals surface area contributed by atoms with Crippen molar-refractivity contribution in [2.45, 2.75) is 6.92 Å². The molecule has 0 saturated carbocycles. The molecule has 0 aromatic heterocycles. The summed E-state index contributed by atoms with van der Waals surface area (Å²) in [5.41, 5.74) is 1.38. The van der Waals surface area contributed by atoms with Crippen LogP contribution in [0.5, 0.6) is 0 Å². The zero-order chi connectivity index (χ0) is 20.8. The minimum atomic E-state index is -0.943. The van der Waals surface area contributed by atoms with Crippen LogP contribution in [0.3, 0.4) is 0 Å². The van der Waals surface area contributed by atoms with Gasteiger partial charge in [0.25, 0.3) is 5.91 Å². The fourth-order valence-electron chi connectivity index (χ4n) is 3.14. The molecule has 1 fully saturated rings. The molecule has 1 aliphatic heterocycles. The van der Waals surface area contributed by atoms with Crippen LogP contribution in [0.4, 0.5) is 15.8 Å². The maximum Gasteiger partial charge on any atom is 0.341 e. The van der Waals surface area contributed by atoms with Crippen LogP contribution in [-0.4, -0.2) is 56.1 Å². The van der Waals surface area contributed by atoms with Crippen LogP contribution in [0.25, 0.3) is 0 Å². The number of amides is 1. The summed E-state index contributed by atoms with van der Waals surface area (Å²) in [7, 11) is 0. The van der Waals surface area contributed by atoms with Gasteiger partial charge in [-0.15, -0.1) is 0 Å². The number of hydrogen-bond acceptors (Lipinski definition) is 5. The normalized spacial score (nSPS) is 14.5. The van der Waals surface area contributed by atoms with Crippen molar-refractivity contribution >= 4 is 34.9 Å². The standard InChI is InChI=1S/C21H23ClFN3O3/c1-2-25-9-11-26(12-10-25)17-6-4-16(5-7-17)24-20(27)14-29-21(28)18-13-15(22)3-8-19(18)23/h3-8,13H,2,9-12,14H2,1H3,(H,24,27). The number of nitrogens with one attached hydrogen (secondary N) is 1. The van der Waals surface area contributed by atoms with Crippen molar-refractivity contribution in [3.05, 3.63) is 58.9 Å². The highest BCUT2D eigenvalue weighted by atomic mass is 35.5. The van der Waals surface area contributed by atoms with Crippen LogP contribution >= 0.6 is 11.6 Å². The van der Waals surface area contributed by atoms with Gasteiger partial charge in [0.15, 0.2) is 6.61 Å². The molecule has 0 spiro atoms. The zero-order valence-corrected chi connectivity index (χ0v) is 16.9. The average Bonchev–Trinajstić information content (AvgIpc) is 2.74. The summed E-state index contributed by atoms with van der Waals surface area (Å²) in [6.07, 6.45) is 0. The fraction of sp³-hybridized carbons (Fsp3) is 0.333. The van der Waals surface area contributed by atoms with E-state index in [1.54, 1.807) is 12.1 Å². The maximum atomic E-state index is 13.7. The van der Waals surface area contributed by atoms with Gasteiger partial charge in [0.05, 0.1) is 5.56 Å². The smallest absolute Gasteiger partial charge is 0.341 e. The summed E-state index contributed by atoms with van der Waals surface area (Å²) >= 11 is 5.75. The summed E-state index contributed by atoms with van der Waals surface area (Å²) < 4.78 is 18.5. The molecule has 3 rings (SSSR count). The number of esters is 1. The summed E-state index contributed by atoms with van der Waals surface area (Å²) in [5.74, 6) is -2.21. The Kier molecular flexibility index (Phi) is 7.06. The van der Waals surface area contributed by atoms with E-state index in [2.05, 4.69) is 22.0 Å². The number of likely N-dealkylation sites (N-methyl/N-ethyl adjacent to an activating group) is 1. The van der Waals surface area contributed by atoms with E-state index >= 15 is 0 Å². The molecule has 0 bridgehead atoms. The molecule has 154 valence electrons. The van der Waals surface area contributed by atoms with Gasteiger partial charge in [-0.1, -0.05) is 18.5 Å². The highest BCUT2D eigenvalue weighted by molar-refractivity contribution is 6.30. The lowest BCUT2D eigenvalue weighted by Gasteiger charge is -2.35. The van der Waals surface area contributed by atoms with Gasteiger partial charge < -0.3 is 19.9 Å². The van der Waals surface area contributed by atoms with Crippen LogP contribution in [0, 0.1) is 5.82 Å². The van der Waals surface area contributed by atoms with Gasteiger partial charge in [-0.25, -0.2) is 9.18 Å². The lowest BCUT2D eigenvalue weighted by Crippen LogP contribution is -2.46. The molecule has 0 radical (unpaired) electrons. The Hall–Kier alpha value is -2.64. The lowest BCUT2D eigenvalue weighted by atomic mass is 10.2. The number of rotatable bonds is 6. The van der Waals surface area contributed by atoms with Crippen molar-refractivity contribution in [1.29, 1.82) is 0 Å². The first kappa shape index (κ1) is 21.1. The molecule has 1 aliphatic rings. The van der Waals surface area contributed by atoms with Gasteiger partial charge in [-0.3, -0.25) is 4.79 Å². The molecule has 29 heavy (non-hydrogen) atoms. The van der Waals surface area contributed by atoms with E-state index in [0.717, 1.165) is 50.5 Å². The SMILES string of the molecule is CCN1CCN(c2ccc(NC(=O)COC(=O)c3cc(Cl)ccc3F)cc2)CC1. The molecule has 2 aromatic rings. The van der Waals surface area contributed by atoms with E-state index in [-0.39, 0.29) is 10.6 Å². The summed E-state index contributed by atoms with van der Waals surface area (Å²) in [6.45, 7) is 6.71. The Labute approximate surface area is 174 Å². The highest BCUT2D eigenvalue weighted by Gasteiger charge is 2.17. The van der Waals surface area contributed by atoms with Crippen molar-refractivity contribution in [1.82, 2.24) is 4.90 Å². The second kappa shape index (κ2) is 9.71. The molecular formula is C21H23ClFN3O3. The molecule has 0 aliphatic carbocycles. The Bertz CT molecular complexity index is 868. The number of nitrogens with zero attached hydrogens (tertiary/aromatic N) is 2. The quantitative estimate of drug-likeness (QED) is 0.727. The minimum Gasteiger partial charge on any atom is -0.452 e. The molecular weight excluding hydrogens is 397 g/mol. The van der Waals surface area contributed by atoms with Crippen LogP contribution in [0.1, 0.15) is 17.3 Å². The third-order valence-corrected chi connectivity index (χ3v) is 5.05. The third-order valence-electron chi connectivity index (χ3n) is 4.82. The first-order chi connectivity index (χ1) is 14.0. The van der Waals surface area contributed by atoms with E-state index in [1.807, 2.05) is 12.1 Å². The molecule has 1 N–H and O–H groups in total. The first-order valence-electron chi connectivity index (χ1n) is 9.45. The number of anilines is 2. The number of hydrogen-bond donors (Lipinski definition) is 1.